The fourth-order valence-corrected chi connectivity index (χ4v) is 0. The molecule has 10 heavy (non-hydrogen) atoms. The molecule has 0 saturated heterocycles. The fraction of sp³-hybridized carbons (Fsp3) is 0. The molecule has 0 aliphatic heterocycles. The molecule has 0 saturated carbocycles. The third kappa shape index (κ3) is 112. The van der Waals surface area contributed by atoms with Gasteiger partial charge in [0, 0.05) is 0 Å². The molecule has 0 aliphatic rings. The van der Waals surface area contributed by atoms with Gasteiger partial charge in [0.1, 0.15) is 0 Å². The van der Waals surface area contributed by atoms with Gasteiger partial charge in [-0.1, -0.05) is 0 Å². The van der Waals surface area contributed by atoms with Gasteiger partial charge in [0.25, 0.3) is 0 Å². The third-order valence-electron chi connectivity index (χ3n) is 0. The number of halogens is 4. The monoisotopic (exact) mass is 650 g/mol. The first-order valence-corrected chi connectivity index (χ1v) is 17.1. The minimum atomic E-state index is -0.870. The Balaban J connectivity index is -0.00000000800. The summed E-state index contributed by atoms with van der Waals surface area (Å²) in [6.07, 6.45) is 0. The van der Waals surface area contributed by atoms with E-state index in [1.54, 1.807) is 0 Å². The second-order valence-electron chi connectivity index (χ2n) is 0.350. The molecule has 74 valence electrons. The fourth-order valence-electron chi connectivity index (χ4n) is 0. The van der Waals surface area contributed by atoms with Crippen molar-refractivity contribution in [1.82, 2.24) is 0 Å². The summed E-state index contributed by atoms with van der Waals surface area (Å²) in [4.78, 5) is 0. The van der Waals surface area contributed by atoms with Crippen molar-refractivity contribution in [3.63, 3.8) is 0 Å². The zero-order chi connectivity index (χ0) is 4.50. The Labute approximate surface area is 106 Å². The molecule has 0 aromatic carbocycles. The van der Waals surface area contributed by atoms with Crippen LogP contribution in [0.2, 0.25) is 0 Å². The summed E-state index contributed by atoms with van der Waals surface area (Å²) in [6, 6.07) is 0. The quantitative estimate of drug-likeness (QED) is 0.308. The van der Waals surface area contributed by atoms with Crippen LogP contribution in [0.25, 0.3) is 0 Å². The molecule has 0 atom stereocenters. The Kier molecular flexibility index (Phi) is 68.5. The molecule has 0 fully saturated rings. The van der Waals surface area contributed by atoms with Crippen LogP contribution >= 0.6 is 81.1 Å². The van der Waals surface area contributed by atoms with Crippen LogP contribution in [-0.2, 0) is -0.0525 Å². The second-order valence-corrected chi connectivity index (χ2v) is 64.9. The Morgan fingerprint density at radius 1 is 0.500 bits per heavy atom. The van der Waals surface area contributed by atoms with E-state index in [1.165, 1.54) is 0 Å². The van der Waals surface area contributed by atoms with E-state index in [0.29, 0.717) is 0 Å². The first-order chi connectivity index (χ1) is 2.00. The normalized spacial score (nSPS) is 7.60. The Morgan fingerprint density at radius 3 is 0.500 bits per heavy atom. The van der Waals surface area contributed by atoms with E-state index in [2.05, 4.69) is 81.1 Å². The molecular formula is H10CrI4O5. The van der Waals surface area contributed by atoms with Crippen LogP contribution in [0.5, 0.6) is 0 Å². The average molecular weight is 650 g/mol. The van der Waals surface area contributed by atoms with Crippen molar-refractivity contribution >= 4 is 81.1 Å². The van der Waals surface area contributed by atoms with Gasteiger partial charge in [0.15, 0.2) is 0 Å². The van der Waals surface area contributed by atoms with Gasteiger partial charge < -0.3 is 27.4 Å². The molecule has 10 N–H and O–H groups in total. The van der Waals surface area contributed by atoms with Crippen LogP contribution in [-0.4, -0.2) is 27.4 Å². The maximum atomic E-state index is 2.49. The van der Waals surface area contributed by atoms with E-state index < -0.39 is -0.0525 Å². The van der Waals surface area contributed by atoms with Crippen molar-refractivity contribution in [2.45, 2.75) is 0 Å². The topological polar surface area (TPSA) is 158 Å². The summed E-state index contributed by atoms with van der Waals surface area (Å²) in [5, 5.41) is 0. The van der Waals surface area contributed by atoms with Gasteiger partial charge in [-0.2, -0.15) is 0 Å². The van der Waals surface area contributed by atoms with Crippen LogP contribution in [0.4, 0.5) is 0 Å². The zero-order valence-corrected chi connectivity index (χ0v) is 14.3. The molecule has 10 heteroatoms. The van der Waals surface area contributed by atoms with E-state index in [1.807, 2.05) is 0 Å². The Bertz CT molecular complexity index is 29.1. The standard InChI is InChI=1S/Cr.4HI.5H2O/h;4*1H;5*1H2/q+4;;;;;;;;;/p-4. The van der Waals surface area contributed by atoms with E-state index in [9.17, 15) is 0 Å². The molecular weight excluding hydrogens is 640 g/mol. The number of hydrogen-bond acceptors (Lipinski definition) is 0. The third-order valence-corrected chi connectivity index (χ3v) is 0. The summed E-state index contributed by atoms with van der Waals surface area (Å²) in [7, 11) is 0. The van der Waals surface area contributed by atoms with Crippen molar-refractivity contribution in [3.05, 3.63) is 0 Å². The van der Waals surface area contributed by atoms with Crippen molar-refractivity contribution in [1.29, 1.82) is 0 Å². The predicted octanol–water partition coefficient (Wildman–Crippen LogP) is -0.583. The molecule has 0 aromatic heterocycles. The van der Waals surface area contributed by atoms with Crippen molar-refractivity contribution in [2.24, 2.45) is 0 Å². The van der Waals surface area contributed by atoms with Gasteiger partial charge in [-0.25, -0.2) is 0 Å². The first-order valence-electron chi connectivity index (χ1n) is 0.617. The van der Waals surface area contributed by atoms with Gasteiger partial charge in [0.05, 0.1) is 0 Å². The Hall–Kier alpha value is 3.25. The van der Waals surface area contributed by atoms with Gasteiger partial charge in [-0.05, 0) is 0 Å². The summed E-state index contributed by atoms with van der Waals surface area (Å²) in [6.45, 7) is 0. The van der Waals surface area contributed by atoms with Crippen molar-refractivity contribution < 1.29 is 27.3 Å². The molecule has 0 unspecified atom stereocenters. The molecule has 0 aromatic rings. The van der Waals surface area contributed by atoms with Crippen LogP contribution in [0, 0.1) is 0 Å². The maximum absolute atomic E-state index is 2.49. The average Bonchev–Trinajstić information content (AvgIpc) is 0.722. The van der Waals surface area contributed by atoms with Crippen LogP contribution in [0.15, 0.2) is 0 Å². The van der Waals surface area contributed by atoms with E-state index in [0.717, 1.165) is 0 Å². The van der Waals surface area contributed by atoms with Crippen LogP contribution < -0.4 is 0 Å². The molecule has 0 aliphatic carbocycles. The first kappa shape index (κ1) is 37.8. The minimum absolute atomic E-state index is 0. The molecule has 0 heterocycles. The van der Waals surface area contributed by atoms with Crippen LogP contribution in [0.3, 0.4) is 0 Å². The molecule has 0 radical (unpaired) electrons. The van der Waals surface area contributed by atoms with Crippen LogP contribution in [0.1, 0.15) is 0 Å². The van der Waals surface area contributed by atoms with Crippen molar-refractivity contribution in [2.75, 3.05) is 0 Å². The Morgan fingerprint density at radius 2 is 0.500 bits per heavy atom. The molecule has 0 spiro atoms. The van der Waals surface area contributed by atoms with E-state index in [4.69, 9.17) is 0 Å². The van der Waals surface area contributed by atoms with E-state index in [-0.39, 0.29) is 27.4 Å². The number of hydrogen-bond donors (Lipinski definition) is 0. The van der Waals surface area contributed by atoms with Crippen molar-refractivity contribution in [3.8, 4) is 0 Å². The molecule has 0 bridgehead atoms. The summed E-state index contributed by atoms with van der Waals surface area (Å²) >= 11 is 9.98. The second kappa shape index (κ2) is 18.1. The molecule has 5 nitrogen and oxygen atoms in total. The van der Waals surface area contributed by atoms with Gasteiger partial charge >= 0.3 is 81.0 Å². The molecule has 0 amide bonds. The SMILES string of the molecule is O.O.O.O.O.[I][Cr]([I])([I])[I]. The van der Waals surface area contributed by atoms with E-state index >= 15 is 0 Å². The van der Waals surface area contributed by atoms with Gasteiger partial charge in [0.2, 0.25) is 0 Å². The predicted molar refractivity (Wildman–Crippen MR) is 74.1 cm³/mol. The summed E-state index contributed by atoms with van der Waals surface area (Å²) in [5.41, 5.74) is 0. The summed E-state index contributed by atoms with van der Waals surface area (Å²) < 4.78 is -0.870. The number of rotatable bonds is 0. The summed E-state index contributed by atoms with van der Waals surface area (Å²) in [5.74, 6) is 0. The molecule has 0 rings (SSSR count). The van der Waals surface area contributed by atoms with Gasteiger partial charge in [-0.15, -0.1) is 0 Å². The zero-order valence-electron chi connectivity index (χ0n) is 4.42. The van der Waals surface area contributed by atoms with Gasteiger partial charge in [-0.3, -0.25) is 0 Å².